The van der Waals surface area contributed by atoms with Gasteiger partial charge in [0.1, 0.15) is 12.2 Å². The Morgan fingerprint density at radius 2 is 2.24 bits per heavy atom. The molecule has 1 saturated heterocycles. The van der Waals surface area contributed by atoms with E-state index in [-0.39, 0.29) is 28.6 Å². The summed E-state index contributed by atoms with van der Waals surface area (Å²) in [5.41, 5.74) is -3.34. The normalized spacial score (nSPS) is 27.0. The van der Waals surface area contributed by atoms with Gasteiger partial charge in [-0.2, -0.15) is 0 Å². The van der Waals surface area contributed by atoms with E-state index in [0.29, 0.717) is 0 Å². The van der Waals surface area contributed by atoms with Gasteiger partial charge in [-0.1, -0.05) is 17.7 Å². The highest BCUT2D eigenvalue weighted by molar-refractivity contribution is 8.13. The van der Waals surface area contributed by atoms with E-state index in [1.807, 2.05) is 5.92 Å². The number of terminal acetylenes is 1. The second-order valence-corrected chi connectivity index (χ2v) is 10.7. The summed E-state index contributed by atoms with van der Waals surface area (Å²) in [5.74, 6) is 2.16. The number of aliphatic hydroxyl groups is 1. The van der Waals surface area contributed by atoms with Crippen LogP contribution in [-0.2, 0) is 23.1 Å². The van der Waals surface area contributed by atoms with E-state index in [0.717, 1.165) is 29.0 Å². The average molecular weight is 503 g/mol. The topological polar surface area (TPSA) is 149 Å². The van der Waals surface area contributed by atoms with Gasteiger partial charge in [0.05, 0.1) is 25.9 Å². The van der Waals surface area contributed by atoms with Gasteiger partial charge in [-0.05, 0) is 14.1 Å². The van der Waals surface area contributed by atoms with Crippen LogP contribution in [0.25, 0.3) is 11.2 Å². The van der Waals surface area contributed by atoms with Gasteiger partial charge < -0.3 is 14.8 Å². The fourth-order valence-corrected chi connectivity index (χ4v) is 4.89. The molecule has 0 aliphatic carbocycles. The highest BCUT2D eigenvalue weighted by Crippen LogP contribution is 2.51. The molecule has 0 radical (unpaired) electrons. The van der Waals surface area contributed by atoms with Gasteiger partial charge in [-0.15, -0.1) is 6.42 Å². The number of aromatic amines is 1. The molecule has 180 valence electrons. The van der Waals surface area contributed by atoms with Crippen LogP contribution in [0.4, 0.5) is 4.39 Å². The van der Waals surface area contributed by atoms with Crippen molar-refractivity contribution < 1.29 is 32.6 Å². The average Bonchev–Trinajstić information content (AvgIpc) is 3.30. The van der Waals surface area contributed by atoms with Crippen molar-refractivity contribution in [1.82, 2.24) is 24.2 Å². The third kappa shape index (κ3) is 5.04. The van der Waals surface area contributed by atoms with Crippen molar-refractivity contribution in [3.8, 4) is 12.3 Å². The standard InChI is InChI=1S/C18H23FN5O7PS/c1-5-18(19)14(26)12(8-30-32(28,23(3)4)29-6-7-33-11(2)25)31-17(18)24-10-22-13-15(24)20-9-21-16(13)27/h1,9-10,12,14,17,26H,6-8H2,2-4H3,(H,20,21,27)/t12-,14?,17-,18+,32?/m1/s1. The Morgan fingerprint density at radius 3 is 2.88 bits per heavy atom. The quantitative estimate of drug-likeness (QED) is 0.283. The molecule has 1 aliphatic rings. The number of carbonyl (C=O) groups is 1. The van der Waals surface area contributed by atoms with Crippen molar-refractivity contribution in [3.05, 3.63) is 23.0 Å². The number of nitrogens with one attached hydrogen (secondary N) is 1. The Balaban J connectivity index is 1.78. The molecule has 3 rings (SSSR count). The zero-order valence-electron chi connectivity index (χ0n) is 18.0. The maximum absolute atomic E-state index is 15.7. The van der Waals surface area contributed by atoms with Crippen LogP contribution in [0.5, 0.6) is 0 Å². The highest BCUT2D eigenvalue weighted by Gasteiger charge is 2.58. The number of alkyl halides is 1. The van der Waals surface area contributed by atoms with Gasteiger partial charge in [0, 0.05) is 12.7 Å². The lowest BCUT2D eigenvalue weighted by molar-refractivity contribution is -0.109. The lowest BCUT2D eigenvalue weighted by Crippen LogP contribution is -2.42. The second kappa shape index (κ2) is 10.0. The van der Waals surface area contributed by atoms with E-state index >= 15 is 4.39 Å². The number of ether oxygens (including phenoxy) is 1. The van der Waals surface area contributed by atoms with E-state index in [1.54, 1.807) is 0 Å². The van der Waals surface area contributed by atoms with E-state index in [2.05, 4.69) is 15.0 Å². The maximum Gasteiger partial charge on any atom is 0.407 e. The summed E-state index contributed by atoms with van der Waals surface area (Å²) < 4.78 is 47.4. The Labute approximate surface area is 192 Å². The van der Waals surface area contributed by atoms with Crippen LogP contribution in [0.2, 0.25) is 0 Å². The van der Waals surface area contributed by atoms with Gasteiger partial charge >= 0.3 is 7.75 Å². The molecular weight excluding hydrogens is 480 g/mol. The van der Waals surface area contributed by atoms with Crippen LogP contribution in [0, 0.1) is 12.3 Å². The summed E-state index contributed by atoms with van der Waals surface area (Å²) in [5, 5.41) is 10.5. The minimum atomic E-state index is -3.84. The minimum Gasteiger partial charge on any atom is -0.386 e. The number of hydrogen-bond donors (Lipinski definition) is 2. The number of aromatic nitrogens is 4. The number of rotatable bonds is 9. The Hall–Kier alpha value is -2.11. The molecule has 33 heavy (non-hydrogen) atoms. The number of carbonyl (C=O) groups excluding carboxylic acids is 1. The summed E-state index contributed by atoms with van der Waals surface area (Å²) in [6, 6.07) is 0. The SMILES string of the molecule is C#C[C@]1(F)C(O)[C@@H](COP(=O)(OCCSC(C)=O)N(C)C)O[C@H]1n1cnc2c(=O)[nH]cnc21. The third-order valence-corrected chi connectivity index (χ3v) is 7.56. The molecule has 0 aromatic carbocycles. The third-order valence-electron chi connectivity index (χ3n) is 4.82. The predicted molar refractivity (Wildman–Crippen MR) is 117 cm³/mol. The number of H-pyrrole nitrogens is 1. The molecule has 0 bridgehead atoms. The number of halogens is 1. The number of aliphatic hydroxyl groups excluding tert-OH is 1. The van der Waals surface area contributed by atoms with Crippen LogP contribution in [0.15, 0.2) is 17.4 Å². The zero-order valence-corrected chi connectivity index (χ0v) is 19.7. The first-order valence-electron chi connectivity index (χ1n) is 9.64. The van der Waals surface area contributed by atoms with E-state index in [1.165, 1.54) is 25.7 Å². The van der Waals surface area contributed by atoms with Gasteiger partial charge in [-0.25, -0.2) is 23.6 Å². The number of thioether (sulfide) groups is 1. The van der Waals surface area contributed by atoms with Gasteiger partial charge in [0.2, 0.25) is 5.67 Å². The molecule has 1 fully saturated rings. The van der Waals surface area contributed by atoms with Gasteiger partial charge in [0.25, 0.3) is 5.56 Å². The molecule has 2 aromatic heterocycles. The van der Waals surface area contributed by atoms with Crippen LogP contribution >= 0.6 is 19.5 Å². The summed E-state index contributed by atoms with van der Waals surface area (Å²) >= 11 is 0.996. The van der Waals surface area contributed by atoms with Crippen LogP contribution in [0.1, 0.15) is 13.2 Å². The molecule has 2 N–H and O–H groups in total. The minimum absolute atomic E-state index is 0.0000567. The molecule has 15 heteroatoms. The van der Waals surface area contributed by atoms with Crippen molar-refractivity contribution in [2.45, 2.75) is 31.0 Å². The van der Waals surface area contributed by atoms with Crippen molar-refractivity contribution in [2.24, 2.45) is 0 Å². The zero-order chi connectivity index (χ0) is 24.4. The summed E-state index contributed by atoms with van der Waals surface area (Å²) in [7, 11) is -0.932. The van der Waals surface area contributed by atoms with Crippen LogP contribution < -0.4 is 5.56 Å². The molecule has 0 amide bonds. The number of fused-ring (bicyclic) bond motifs is 1. The van der Waals surface area contributed by atoms with Crippen molar-refractivity contribution in [3.63, 3.8) is 0 Å². The molecule has 3 heterocycles. The van der Waals surface area contributed by atoms with E-state index in [9.17, 15) is 19.3 Å². The number of nitrogens with zero attached hydrogens (tertiary/aromatic N) is 4. The van der Waals surface area contributed by atoms with Crippen LogP contribution in [-0.4, -0.2) is 85.3 Å². The van der Waals surface area contributed by atoms with Crippen molar-refractivity contribution >= 4 is 35.8 Å². The highest BCUT2D eigenvalue weighted by atomic mass is 32.2. The Morgan fingerprint density at radius 1 is 1.52 bits per heavy atom. The maximum atomic E-state index is 15.7. The fourth-order valence-electron chi connectivity index (χ4n) is 3.12. The molecule has 2 aromatic rings. The lowest BCUT2D eigenvalue weighted by Gasteiger charge is -2.25. The first kappa shape index (κ1) is 25.5. The predicted octanol–water partition coefficient (Wildman–Crippen LogP) is 0.702. The molecule has 5 atom stereocenters. The van der Waals surface area contributed by atoms with Crippen molar-refractivity contribution in [1.29, 1.82) is 0 Å². The first-order chi connectivity index (χ1) is 15.5. The largest absolute Gasteiger partial charge is 0.407 e. The molecule has 0 spiro atoms. The molecule has 0 saturated carbocycles. The lowest BCUT2D eigenvalue weighted by atomic mass is 9.97. The Kier molecular flexibility index (Phi) is 7.75. The fraction of sp³-hybridized carbons (Fsp3) is 0.556. The summed E-state index contributed by atoms with van der Waals surface area (Å²) in [6.45, 7) is 0.821. The molecule has 12 nitrogen and oxygen atoms in total. The molecule has 1 aliphatic heterocycles. The second-order valence-electron chi connectivity index (χ2n) is 7.22. The van der Waals surface area contributed by atoms with Crippen molar-refractivity contribution in [2.75, 3.05) is 33.1 Å². The molecule has 2 unspecified atom stereocenters. The van der Waals surface area contributed by atoms with Gasteiger partial charge in [0.15, 0.2) is 22.5 Å². The van der Waals surface area contributed by atoms with Gasteiger partial charge in [-0.3, -0.25) is 23.2 Å². The number of imidazole rings is 1. The Bertz CT molecular complexity index is 1170. The summed E-state index contributed by atoms with van der Waals surface area (Å²) in [6.07, 6.45) is 2.83. The number of hydrogen-bond acceptors (Lipinski definition) is 10. The van der Waals surface area contributed by atoms with E-state index in [4.69, 9.17) is 20.2 Å². The monoisotopic (exact) mass is 503 g/mol. The molecular formula is C18H23FN5O7PS. The first-order valence-corrected chi connectivity index (χ1v) is 12.1. The van der Waals surface area contributed by atoms with Crippen LogP contribution in [0.3, 0.4) is 0 Å². The van der Waals surface area contributed by atoms with E-state index < -0.39 is 44.0 Å². The summed E-state index contributed by atoms with van der Waals surface area (Å²) in [4.78, 5) is 33.2. The smallest absolute Gasteiger partial charge is 0.386 e.